The second-order valence-electron chi connectivity index (χ2n) is 21.2. The lowest BCUT2D eigenvalue weighted by molar-refractivity contribution is 0.0792. The van der Waals surface area contributed by atoms with Crippen molar-refractivity contribution in [2.75, 3.05) is 110 Å². The van der Waals surface area contributed by atoms with Crippen LogP contribution in [0.15, 0.2) is 22.4 Å². The summed E-state index contributed by atoms with van der Waals surface area (Å²) in [6.07, 6.45) is 13.2. The number of aromatic amines is 1. The Balaban J connectivity index is 0.000000160. The van der Waals surface area contributed by atoms with Gasteiger partial charge in [0.15, 0.2) is 0 Å². The number of nitrogens with two attached hydrogens (primary N) is 1. The molecule has 0 atom stereocenters. The first-order valence-corrected chi connectivity index (χ1v) is 33.2. The van der Waals surface area contributed by atoms with E-state index in [4.69, 9.17) is 21.2 Å². The van der Waals surface area contributed by atoms with E-state index in [1.165, 1.54) is 75.4 Å². The molecule has 4 heterocycles. The molecular formula is C48H77ClN14O5S2Si. The van der Waals surface area contributed by atoms with Crippen LogP contribution in [-0.4, -0.2) is 174 Å². The quantitative estimate of drug-likeness (QED) is 0.0559. The molecule has 0 bridgehead atoms. The van der Waals surface area contributed by atoms with Gasteiger partial charge in [-0.3, -0.25) is 9.80 Å². The molecule has 0 unspecified atom stereocenters. The molecule has 0 saturated carbocycles. The Bertz CT molecular complexity index is 2620. The van der Waals surface area contributed by atoms with Crippen LogP contribution in [0.25, 0.3) is 0 Å². The Morgan fingerprint density at radius 1 is 0.704 bits per heavy atom. The SMILES string of the molecule is CN1CCN(CCN)CC1.CN1CCN(CCNS(=O)(=O)c2nc(Nc3c4c(cc5c3CCC5)CCC4)n[nH]2)CC1.C[Si](C)(C)CCOCn1nc(S(=O)(=O)Cl)nc1Nc1c2c(cc3c1CCC3)CCC2. The number of nitrogens with one attached hydrogen (secondary N) is 4. The fourth-order valence-electron chi connectivity index (χ4n) is 10.4. The summed E-state index contributed by atoms with van der Waals surface area (Å²) >= 11 is 0. The van der Waals surface area contributed by atoms with Gasteiger partial charge >= 0.3 is 0 Å². The van der Waals surface area contributed by atoms with Gasteiger partial charge in [0.25, 0.3) is 29.4 Å². The molecule has 19 nitrogen and oxygen atoms in total. The summed E-state index contributed by atoms with van der Waals surface area (Å²) in [5.74, 6) is 0.672. The summed E-state index contributed by atoms with van der Waals surface area (Å²) < 4.78 is 59.0. The summed E-state index contributed by atoms with van der Waals surface area (Å²) in [6.45, 7) is 19.2. The maximum atomic E-state index is 12.7. The number of anilines is 4. The highest BCUT2D eigenvalue weighted by atomic mass is 35.7. The molecule has 2 aromatic carbocycles. The van der Waals surface area contributed by atoms with Gasteiger partial charge in [-0.05, 0) is 142 Å². The monoisotopic (exact) mass is 1060 g/mol. The van der Waals surface area contributed by atoms with E-state index in [0.717, 1.165) is 134 Å². The van der Waals surface area contributed by atoms with Crippen LogP contribution in [-0.2, 0) is 81.9 Å². The number of piperazine rings is 2. The summed E-state index contributed by atoms with van der Waals surface area (Å²) in [6, 6.07) is 5.74. The van der Waals surface area contributed by atoms with Crippen LogP contribution in [0, 0.1) is 0 Å². The van der Waals surface area contributed by atoms with Crippen LogP contribution in [0.5, 0.6) is 0 Å². The zero-order valence-electron chi connectivity index (χ0n) is 42.6. The van der Waals surface area contributed by atoms with Crippen LogP contribution in [0.2, 0.25) is 25.7 Å². The molecule has 6 aliphatic rings. The zero-order valence-corrected chi connectivity index (χ0v) is 46.0. The van der Waals surface area contributed by atoms with Crippen molar-refractivity contribution in [1.82, 2.24) is 54.3 Å². The molecule has 10 rings (SSSR count). The molecule has 2 aliphatic heterocycles. The summed E-state index contributed by atoms with van der Waals surface area (Å²) in [7, 11) is 0.821. The maximum Gasteiger partial charge on any atom is 0.298 e. The molecule has 4 aromatic rings. The lowest BCUT2D eigenvalue weighted by Gasteiger charge is -2.32. The number of hydrogen-bond acceptors (Lipinski definition) is 16. The molecule has 392 valence electrons. The van der Waals surface area contributed by atoms with E-state index >= 15 is 0 Å². The van der Waals surface area contributed by atoms with E-state index in [1.807, 2.05) is 0 Å². The maximum absolute atomic E-state index is 12.7. The van der Waals surface area contributed by atoms with Gasteiger partial charge in [0, 0.05) is 115 Å². The molecule has 2 saturated heterocycles. The van der Waals surface area contributed by atoms with E-state index in [9.17, 15) is 16.8 Å². The molecular weight excluding hydrogens is 980 g/mol. The van der Waals surface area contributed by atoms with E-state index in [2.05, 4.69) is 106 Å². The van der Waals surface area contributed by atoms with Gasteiger partial charge in [0.1, 0.15) is 6.73 Å². The standard InChI is InChI=1S/C21H31N7O2S.C20H29ClN4O3SSi.C7H17N3/c1-27-10-12-28(13-11-27)9-8-22-31(29,30)21-24-20(25-26-21)23-19-17-6-2-4-15(17)14-16-5-3-7-18(16)19;1-30(2,3)11-10-28-13-25-19(23-20(24-25)29(21,26)27)22-18-16-8-4-6-14(16)12-15-7-5-9-17(15)18;1-9-4-6-10(3-2-8)7-5-9/h14,22H,2-13H2,1H3,(H2,23,24,25,26);12H,4-11,13H2,1-3H3,(H,22,23,24);2-8H2,1H3. The van der Waals surface area contributed by atoms with E-state index < -0.39 is 32.3 Å². The van der Waals surface area contributed by atoms with Gasteiger partial charge in [0.05, 0.1) is 0 Å². The third-order valence-electron chi connectivity index (χ3n) is 14.6. The number of ether oxygens (including phenoxy) is 1. The third-order valence-corrected chi connectivity index (χ3v) is 18.6. The first kappa shape index (κ1) is 53.7. The fourth-order valence-corrected chi connectivity index (χ4v) is 12.7. The highest BCUT2D eigenvalue weighted by Gasteiger charge is 2.29. The first-order valence-electron chi connectivity index (χ1n) is 25.7. The van der Waals surface area contributed by atoms with Crippen molar-refractivity contribution in [2.24, 2.45) is 5.73 Å². The minimum atomic E-state index is -4.03. The van der Waals surface area contributed by atoms with Crippen molar-refractivity contribution in [3.05, 3.63) is 56.6 Å². The highest BCUT2D eigenvalue weighted by Crippen LogP contribution is 2.41. The number of rotatable bonds is 17. The molecule has 6 N–H and O–H groups in total. The van der Waals surface area contributed by atoms with Crippen LogP contribution in [0.1, 0.15) is 70.2 Å². The van der Waals surface area contributed by atoms with Gasteiger partial charge in [-0.2, -0.15) is 9.97 Å². The van der Waals surface area contributed by atoms with Crippen LogP contribution >= 0.6 is 10.7 Å². The molecule has 0 amide bonds. The highest BCUT2D eigenvalue weighted by molar-refractivity contribution is 8.13. The predicted molar refractivity (Wildman–Crippen MR) is 283 cm³/mol. The average molecular weight is 1060 g/mol. The number of halogens is 1. The van der Waals surface area contributed by atoms with Gasteiger partial charge in [0.2, 0.25) is 11.9 Å². The summed E-state index contributed by atoms with van der Waals surface area (Å²) in [5, 5.41) is 17.1. The van der Waals surface area contributed by atoms with Gasteiger partial charge in [-0.15, -0.1) is 10.2 Å². The number of aryl methyl sites for hydroxylation is 4. The van der Waals surface area contributed by atoms with E-state index in [1.54, 1.807) is 0 Å². The molecule has 2 fully saturated rings. The number of H-pyrrole nitrogens is 1. The van der Waals surface area contributed by atoms with Crippen molar-refractivity contribution in [3.8, 4) is 0 Å². The minimum Gasteiger partial charge on any atom is -0.359 e. The number of sulfonamides is 1. The Labute approximate surface area is 426 Å². The normalized spacial score (nSPS) is 18.6. The van der Waals surface area contributed by atoms with Crippen molar-refractivity contribution < 1.29 is 21.6 Å². The number of nitrogens with zero attached hydrogens (tertiary/aromatic N) is 9. The molecule has 0 radical (unpaired) electrons. The molecule has 4 aliphatic carbocycles. The summed E-state index contributed by atoms with van der Waals surface area (Å²) in [4.78, 5) is 17.8. The van der Waals surface area contributed by atoms with Crippen LogP contribution in [0.3, 0.4) is 0 Å². The number of fused-ring (bicyclic) bond motifs is 4. The Morgan fingerprint density at radius 3 is 1.68 bits per heavy atom. The van der Waals surface area contributed by atoms with Crippen molar-refractivity contribution in [3.63, 3.8) is 0 Å². The van der Waals surface area contributed by atoms with Crippen molar-refractivity contribution >= 4 is 61.1 Å². The number of benzene rings is 2. The zero-order chi connectivity index (χ0) is 50.3. The van der Waals surface area contributed by atoms with Crippen LogP contribution < -0.4 is 21.1 Å². The topological polar surface area (TPSA) is 225 Å². The predicted octanol–water partition coefficient (Wildman–Crippen LogP) is 4.48. The van der Waals surface area contributed by atoms with Crippen molar-refractivity contribution in [2.45, 2.75) is 120 Å². The van der Waals surface area contributed by atoms with E-state index in [-0.39, 0.29) is 11.9 Å². The number of hydrogen-bond donors (Lipinski definition) is 5. The third kappa shape index (κ3) is 14.2. The lowest BCUT2D eigenvalue weighted by Crippen LogP contribution is -2.46. The van der Waals surface area contributed by atoms with Crippen LogP contribution in [0.4, 0.5) is 23.3 Å². The number of aromatic nitrogens is 6. The summed E-state index contributed by atoms with van der Waals surface area (Å²) in [5.41, 5.74) is 18.6. The van der Waals surface area contributed by atoms with Gasteiger partial charge < -0.3 is 30.9 Å². The van der Waals surface area contributed by atoms with E-state index in [0.29, 0.717) is 31.6 Å². The first-order chi connectivity index (χ1) is 33.9. The Hall–Kier alpha value is -3.55. The second-order valence-corrected chi connectivity index (χ2v) is 30.9. The van der Waals surface area contributed by atoms with Gasteiger partial charge in [-0.1, -0.05) is 31.8 Å². The fraction of sp³-hybridized carbons (Fsp3) is 0.667. The minimum absolute atomic E-state index is 0.128. The second kappa shape index (κ2) is 23.8. The molecule has 0 spiro atoms. The molecule has 2 aromatic heterocycles. The average Bonchev–Trinajstić information content (AvgIpc) is 4.19. The Kier molecular flexibility index (Phi) is 18.0. The Morgan fingerprint density at radius 2 is 1.20 bits per heavy atom. The lowest BCUT2D eigenvalue weighted by atomic mass is 9.99. The number of likely N-dealkylation sites (N-methyl/N-ethyl adjacent to an activating group) is 2. The van der Waals surface area contributed by atoms with Crippen molar-refractivity contribution in [1.29, 1.82) is 0 Å². The smallest absolute Gasteiger partial charge is 0.298 e. The molecule has 71 heavy (non-hydrogen) atoms. The van der Waals surface area contributed by atoms with Gasteiger partial charge in [-0.25, -0.2) is 31.3 Å². The largest absolute Gasteiger partial charge is 0.359 e. The molecule has 23 heteroatoms.